The molecule has 1 heterocycles. The fourth-order valence-corrected chi connectivity index (χ4v) is 2.71. The van der Waals surface area contributed by atoms with E-state index in [2.05, 4.69) is 31.0 Å². The second kappa shape index (κ2) is 7.41. The fourth-order valence-electron chi connectivity index (χ4n) is 2.71. The van der Waals surface area contributed by atoms with Gasteiger partial charge in [-0.1, -0.05) is 20.8 Å². The van der Waals surface area contributed by atoms with E-state index in [1.165, 1.54) is 12.8 Å². The maximum Gasteiger partial charge on any atom is 0.323 e. The molecule has 0 aliphatic carbocycles. The predicted octanol–water partition coefficient (Wildman–Crippen LogP) is 2.73. The zero-order valence-electron chi connectivity index (χ0n) is 13.7. The normalized spacial score (nSPS) is 22.4. The van der Waals surface area contributed by atoms with Gasteiger partial charge < -0.3 is 15.3 Å². The molecule has 20 heavy (non-hydrogen) atoms. The molecule has 0 aromatic carbocycles. The molecule has 1 fully saturated rings. The van der Waals surface area contributed by atoms with Crippen LogP contribution < -0.4 is 5.32 Å². The summed E-state index contributed by atoms with van der Waals surface area (Å²) in [5.41, 5.74) is -0.292. The van der Waals surface area contributed by atoms with Crippen molar-refractivity contribution in [1.82, 2.24) is 10.2 Å². The topological polar surface area (TPSA) is 52.6 Å². The quantitative estimate of drug-likeness (QED) is 0.719. The van der Waals surface area contributed by atoms with Gasteiger partial charge in [-0.15, -0.1) is 0 Å². The van der Waals surface area contributed by atoms with Gasteiger partial charge in [0, 0.05) is 0 Å². The SMILES string of the molecule is CCCNC(C)(CCCN1CCC(C)(C)CC1)C(=O)O. The highest BCUT2D eigenvalue weighted by Crippen LogP contribution is 2.29. The van der Waals surface area contributed by atoms with Crippen LogP contribution in [0.15, 0.2) is 0 Å². The van der Waals surface area contributed by atoms with Gasteiger partial charge in [0.2, 0.25) is 0 Å². The highest BCUT2D eigenvalue weighted by molar-refractivity contribution is 5.78. The molecular weight excluding hydrogens is 252 g/mol. The Balaban J connectivity index is 2.32. The maximum atomic E-state index is 11.4. The van der Waals surface area contributed by atoms with Crippen LogP contribution in [0.25, 0.3) is 0 Å². The monoisotopic (exact) mass is 284 g/mol. The van der Waals surface area contributed by atoms with Crippen molar-refractivity contribution in [3.63, 3.8) is 0 Å². The van der Waals surface area contributed by atoms with E-state index in [-0.39, 0.29) is 0 Å². The van der Waals surface area contributed by atoms with Crippen LogP contribution in [0.4, 0.5) is 0 Å². The van der Waals surface area contributed by atoms with E-state index in [0.717, 1.165) is 39.0 Å². The average Bonchev–Trinajstić information content (AvgIpc) is 2.38. The number of likely N-dealkylation sites (tertiary alicyclic amines) is 1. The van der Waals surface area contributed by atoms with Crippen molar-refractivity contribution in [2.45, 2.75) is 65.3 Å². The molecule has 1 unspecified atom stereocenters. The van der Waals surface area contributed by atoms with Crippen LogP contribution in [0.2, 0.25) is 0 Å². The molecule has 0 radical (unpaired) electrons. The molecule has 4 heteroatoms. The molecule has 1 aliphatic rings. The number of piperidine rings is 1. The number of carbonyl (C=O) groups is 1. The maximum absolute atomic E-state index is 11.4. The molecule has 0 amide bonds. The van der Waals surface area contributed by atoms with E-state index in [4.69, 9.17) is 0 Å². The van der Waals surface area contributed by atoms with Crippen LogP contribution in [0.3, 0.4) is 0 Å². The van der Waals surface area contributed by atoms with Gasteiger partial charge in [0.15, 0.2) is 0 Å². The minimum Gasteiger partial charge on any atom is -0.480 e. The van der Waals surface area contributed by atoms with E-state index < -0.39 is 11.5 Å². The van der Waals surface area contributed by atoms with Gasteiger partial charge in [-0.3, -0.25) is 4.79 Å². The highest BCUT2D eigenvalue weighted by atomic mass is 16.4. The molecule has 1 saturated heterocycles. The third-order valence-electron chi connectivity index (χ3n) is 4.60. The Morgan fingerprint density at radius 1 is 1.35 bits per heavy atom. The van der Waals surface area contributed by atoms with Crippen LogP contribution in [0.1, 0.15) is 59.8 Å². The number of rotatable bonds is 8. The van der Waals surface area contributed by atoms with Gasteiger partial charge in [-0.2, -0.15) is 0 Å². The lowest BCUT2D eigenvalue weighted by molar-refractivity contribution is -0.144. The minimum absolute atomic E-state index is 0.481. The van der Waals surface area contributed by atoms with Crippen molar-refractivity contribution in [2.75, 3.05) is 26.2 Å². The molecule has 0 bridgehead atoms. The van der Waals surface area contributed by atoms with Crippen LogP contribution in [0.5, 0.6) is 0 Å². The summed E-state index contributed by atoms with van der Waals surface area (Å²) in [5, 5.41) is 12.6. The summed E-state index contributed by atoms with van der Waals surface area (Å²) >= 11 is 0. The van der Waals surface area contributed by atoms with E-state index in [1.54, 1.807) is 0 Å². The summed E-state index contributed by atoms with van der Waals surface area (Å²) in [5.74, 6) is -0.731. The summed E-state index contributed by atoms with van der Waals surface area (Å²) in [6, 6.07) is 0. The predicted molar refractivity (Wildman–Crippen MR) is 83.0 cm³/mol. The summed E-state index contributed by atoms with van der Waals surface area (Å²) in [6.07, 6.45) is 5.10. The number of carboxylic acids is 1. The molecule has 0 aromatic rings. The molecule has 0 spiro atoms. The second-order valence-corrected chi connectivity index (χ2v) is 7.17. The first-order chi connectivity index (χ1) is 9.29. The zero-order chi connectivity index (χ0) is 15.2. The van der Waals surface area contributed by atoms with E-state index in [1.807, 2.05) is 6.92 Å². The summed E-state index contributed by atoms with van der Waals surface area (Å²) in [6.45, 7) is 12.6. The molecular formula is C16H32N2O2. The van der Waals surface area contributed by atoms with Gasteiger partial charge >= 0.3 is 5.97 Å². The first-order valence-corrected chi connectivity index (χ1v) is 8.00. The lowest BCUT2D eigenvalue weighted by atomic mass is 9.82. The Labute approximate surface area is 123 Å². The molecule has 1 rings (SSSR count). The van der Waals surface area contributed by atoms with Gasteiger partial charge in [-0.05, 0) is 70.6 Å². The zero-order valence-corrected chi connectivity index (χ0v) is 13.7. The molecule has 1 atom stereocenters. The average molecular weight is 284 g/mol. The molecule has 118 valence electrons. The van der Waals surface area contributed by atoms with Crippen LogP contribution in [0, 0.1) is 5.41 Å². The summed E-state index contributed by atoms with van der Waals surface area (Å²) in [7, 11) is 0. The lowest BCUT2D eigenvalue weighted by Gasteiger charge is -2.37. The minimum atomic E-state index is -0.773. The number of nitrogens with one attached hydrogen (secondary N) is 1. The first kappa shape index (κ1) is 17.4. The van der Waals surface area contributed by atoms with Crippen molar-refractivity contribution < 1.29 is 9.90 Å². The Morgan fingerprint density at radius 3 is 2.45 bits per heavy atom. The lowest BCUT2D eigenvalue weighted by Crippen LogP contribution is -2.50. The highest BCUT2D eigenvalue weighted by Gasteiger charge is 2.32. The van der Waals surface area contributed by atoms with E-state index in [0.29, 0.717) is 11.8 Å². The fraction of sp³-hybridized carbons (Fsp3) is 0.938. The van der Waals surface area contributed by atoms with Gasteiger partial charge in [0.1, 0.15) is 5.54 Å². The molecule has 1 aliphatic heterocycles. The van der Waals surface area contributed by atoms with Crippen LogP contribution >= 0.6 is 0 Å². The number of hydrogen-bond acceptors (Lipinski definition) is 3. The van der Waals surface area contributed by atoms with Gasteiger partial charge in [0.05, 0.1) is 0 Å². The molecule has 2 N–H and O–H groups in total. The Morgan fingerprint density at radius 2 is 1.95 bits per heavy atom. The number of carboxylic acid groups (broad SMARTS) is 1. The van der Waals surface area contributed by atoms with E-state index in [9.17, 15) is 9.90 Å². The molecule has 0 saturated carbocycles. The third-order valence-corrected chi connectivity index (χ3v) is 4.60. The van der Waals surface area contributed by atoms with Crippen molar-refractivity contribution in [3.05, 3.63) is 0 Å². The van der Waals surface area contributed by atoms with E-state index >= 15 is 0 Å². The molecule has 0 aromatic heterocycles. The number of hydrogen-bond donors (Lipinski definition) is 2. The third kappa shape index (κ3) is 5.41. The number of nitrogens with zero attached hydrogens (tertiary/aromatic N) is 1. The second-order valence-electron chi connectivity index (χ2n) is 7.17. The Hall–Kier alpha value is -0.610. The largest absolute Gasteiger partial charge is 0.480 e. The standard InChI is InChI=1S/C16H32N2O2/c1-5-10-17-16(4,14(19)20)7-6-11-18-12-8-15(2,3)9-13-18/h17H,5-13H2,1-4H3,(H,19,20). The van der Waals surface area contributed by atoms with Crippen LogP contribution in [-0.2, 0) is 4.79 Å². The van der Waals surface area contributed by atoms with Crippen molar-refractivity contribution in [2.24, 2.45) is 5.41 Å². The van der Waals surface area contributed by atoms with Crippen molar-refractivity contribution >= 4 is 5.97 Å². The van der Waals surface area contributed by atoms with Crippen LogP contribution in [-0.4, -0.2) is 47.7 Å². The van der Waals surface area contributed by atoms with Crippen molar-refractivity contribution in [1.29, 1.82) is 0 Å². The number of aliphatic carboxylic acids is 1. The molecule has 4 nitrogen and oxygen atoms in total. The summed E-state index contributed by atoms with van der Waals surface area (Å²) < 4.78 is 0. The van der Waals surface area contributed by atoms with Gasteiger partial charge in [-0.25, -0.2) is 0 Å². The first-order valence-electron chi connectivity index (χ1n) is 8.00. The Bertz CT molecular complexity index is 308. The smallest absolute Gasteiger partial charge is 0.323 e. The van der Waals surface area contributed by atoms with Crippen molar-refractivity contribution in [3.8, 4) is 0 Å². The van der Waals surface area contributed by atoms with Gasteiger partial charge in [0.25, 0.3) is 0 Å². The Kier molecular flexibility index (Phi) is 6.46. The summed E-state index contributed by atoms with van der Waals surface area (Å²) in [4.78, 5) is 13.9.